The van der Waals surface area contributed by atoms with Gasteiger partial charge in [-0.15, -0.1) is 0 Å². The molecule has 37 heavy (non-hydrogen) atoms. The highest BCUT2D eigenvalue weighted by atomic mass is 31.2. The highest BCUT2D eigenvalue weighted by Gasteiger charge is 2.16. The predicted molar refractivity (Wildman–Crippen MR) is 148 cm³/mol. The van der Waals surface area contributed by atoms with Crippen LogP contribution in [0.2, 0.25) is 0 Å². The molecular weight excluding hydrogens is 493 g/mol. The second-order valence-electron chi connectivity index (χ2n) is 9.88. The topological polar surface area (TPSA) is 105 Å². The number of carbonyl (C=O) groups is 1. The summed E-state index contributed by atoms with van der Waals surface area (Å²) in [7, 11) is 1.22. The zero-order valence-electron chi connectivity index (χ0n) is 23.4. The largest absolute Gasteiger partial charge is 0.756 e. The Balaban J connectivity index is 3.68. The summed E-state index contributed by atoms with van der Waals surface area (Å²) in [6.45, 7) is 1.77. The van der Waals surface area contributed by atoms with E-state index in [-0.39, 0.29) is 19.6 Å². The average molecular weight is 544 g/mol. The lowest BCUT2D eigenvalue weighted by Crippen LogP contribution is -2.37. The normalized spacial score (nSPS) is 15.3. The Morgan fingerprint density at radius 3 is 2.03 bits per heavy atom. The lowest BCUT2D eigenvalue weighted by atomic mass is 10.1. The number of ether oxygens (including phenoxy) is 1. The molecule has 214 valence electrons. The van der Waals surface area contributed by atoms with Crippen LogP contribution in [-0.2, 0) is 23.1 Å². The number of phosphoric ester groups is 1. The van der Waals surface area contributed by atoms with Gasteiger partial charge in [-0.25, -0.2) is 0 Å². The molecule has 0 bridgehead atoms. The molecule has 0 heterocycles. The van der Waals surface area contributed by atoms with Crippen molar-refractivity contribution in [3.05, 3.63) is 48.6 Å². The van der Waals surface area contributed by atoms with E-state index in [4.69, 9.17) is 9.26 Å². The van der Waals surface area contributed by atoms with E-state index < -0.39 is 26.5 Å². The summed E-state index contributed by atoms with van der Waals surface area (Å²) in [5, 5.41) is 9.80. The van der Waals surface area contributed by atoms with Crippen LogP contribution in [0.15, 0.2) is 48.6 Å². The Morgan fingerprint density at radius 2 is 1.43 bits per heavy atom. The number of unbranched alkanes of at least 4 members (excludes halogenated alkanes) is 4. The first-order valence-corrected chi connectivity index (χ1v) is 14.9. The van der Waals surface area contributed by atoms with Gasteiger partial charge in [0.15, 0.2) is 0 Å². The van der Waals surface area contributed by atoms with Crippen LogP contribution >= 0.6 is 7.82 Å². The zero-order chi connectivity index (χ0) is 27.8. The fourth-order valence-corrected chi connectivity index (χ4v) is 3.67. The molecule has 0 aromatic heterocycles. The molecular formula is C28H50NO7P. The first-order valence-electron chi connectivity index (χ1n) is 13.4. The average Bonchev–Trinajstić information content (AvgIpc) is 2.82. The first kappa shape index (κ1) is 35.5. The molecule has 0 radical (unpaired) electrons. The number of likely N-dealkylation sites (N-methyl/N-ethyl adjacent to an activating group) is 1. The summed E-state index contributed by atoms with van der Waals surface area (Å²) in [4.78, 5) is 23.5. The van der Waals surface area contributed by atoms with Crippen molar-refractivity contribution in [1.29, 1.82) is 0 Å². The summed E-state index contributed by atoms with van der Waals surface area (Å²) in [5.74, 6) is -0.414. The number of hydrogen-bond acceptors (Lipinski definition) is 7. The fourth-order valence-electron chi connectivity index (χ4n) is 2.93. The van der Waals surface area contributed by atoms with Crippen molar-refractivity contribution in [1.82, 2.24) is 0 Å². The summed E-state index contributed by atoms with van der Waals surface area (Å²) < 4.78 is 26.6. The van der Waals surface area contributed by atoms with E-state index in [9.17, 15) is 19.4 Å². The molecule has 0 aromatic rings. The number of carbonyl (C=O) groups excluding carboxylic acids is 1. The Labute approximate surface area is 224 Å². The van der Waals surface area contributed by atoms with Gasteiger partial charge in [0, 0.05) is 6.42 Å². The Kier molecular flexibility index (Phi) is 21.5. The van der Waals surface area contributed by atoms with E-state index in [1.807, 2.05) is 21.1 Å². The van der Waals surface area contributed by atoms with Crippen LogP contribution in [-0.4, -0.2) is 69.2 Å². The van der Waals surface area contributed by atoms with Gasteiger partial charge in [0.25, 0.3) is 7.82 Å². The summed E-state index contributed by atoms with van der Waals surface area (Å²) >= 11 is 0. The number of rotatable bonds is 23. The lowest BCUT2D eigenvalue weighted by molar-refractivity contribution is -0.870. The van der Waals surface area contributed by atoms with Crippen LogP contribution in [0.25, 0.3) is 0 Å². The fraction of sp³-hybridized carbons (Fsp3) is 0.679. The van der Waals surface area contributed by atoms with Crippen LogP contribution in [0.4, 0.5) is 0 Å². The predicted octanol–water partition coefficient (Wildman–Crippen LogP) is 5.24. The standard InChI is InChI=1S/C28H50NO7P/c1-5-6-7-8-9-10-11-12-13-14-15-16-17-18-19-20-21-22-28(31)34-25-27(30)26-36-37(32,33)35-24-23-29(2,3)4/h6-7,9-10,12-13,15-16,27,30H,5,8,11,14,17-26H2,1-4H3/b7-6-,10-9-,13-12-,16-15-. The van der Waals surface area contributed by atoms with Gasteiger partial charge < -0.3 is 28.3 Å². The number of phosphoric acid groups is 1. The molecule has 2 atom stereocenters. The highest BCUT2D eigenvalue weighted by Crippen LogP contribution is 2.38. The van der Waals surface area contributed by atoms with E-state index in [0.29, 0.717) is 11.0 Å². The van der Waals surface area contributed by atoms with E-state index in [1.54, 1.807) is 0 Å². The summed E-state index contributed by atoms with van der Waals surface area (Å²) in [6, 6.07) is 0. The number of quaternary nitrogens is 1. The molecule has 0 amide bonds. The number of nitrogens with zero attached hydrogens (tertiary/aromatic N) is 1. The van der Waals surface area contributed by atoms with Crippen molar-refractivity contribution in [2.75, 3.05) is 47.5 Å². The van der Waals surface area contributed by atoms with Gasteiger partial charge in [-0.05, 0) is 44.9 Å². The van der Waals surface area contributed by atoms with Crippen LogP contribution in [0, 0.1) is 0 Å². The molecule has 2 unspecified atom stereocenters. The van der Waals surface area contributed by atoms with E-state index in [0.717, 1.165) is 57.8 Å². The Bertz CT molecular complexity index is 741. The third kappa shape index (κ3) is 27.3. The molecule has 0 spiro atoms. The van der Waals surface area contributed by atoms with Crippen molar-refractivity contribution in [3.63, 3.8) is 0 Å². The van der Waals surface area contributed by atoms with Gasteiger partial charge in [-0.1, -0.05) is 68.4 Å². The maximum atomic E-state index is 11.8. The SMILES string of the molecule is CC/C=C\C/C=C\C/C=C\C/C=C\CCCCCCC(=O)OCC(O)COP(=O)([O-])OCC[N+](C)(C)C. The van der Waals surface area contributed by atoms with Gasteiger partial charge in [0.2, 0.25) is 0 Å². The summed E-state index contributed by atoms with van der Waals surface area (Å²) in [5.41, 5.74) is 0. The van der Waals surface area contributed by atoms with Gasteiger partial charge >= 0.3 is 5.97 Å². The van der Waals surface area contributed by atoms with Crippen LogP contribution < -0.4 is 4.89 Å². The van der Waals surface area contributed by atoms with Crippen LogP contribution in [0.5, 0.6) is 0 Å². The molecule has 0 saturated heterocycles. The van der Waals surface area contributed by atoms with Crippen molar-refractivity contribution < 1.29 is 37.6 Å². The summed E-state index contributed by atoms with van der Waals surface area (Å²) in [6.07, 6.45) is 25.3. The third-order valence-corrected chi connectivity index (χ3v) is 6.06. The van der Waals surface area contributed by atoms with Crippen molar-refractivity contribution in [2.45, 2.75) is 77.2 Å². The number of hydrogen-bond donors (Lipinski definition) is 1. The maximum Gasteiger partial charge on any atom is 0.305 e. The number of esters is 1. The second-order valence-corrected chi connectivity index (χ2v) is 11.3. The Morgan fingerprint density at radius 1 is 0.865 bits per heavy atom. The van der Waals surface area contributed by atoms with E-state index in [2.05, 4.69) is 60.1 Å². The van der Waals surface area contributed by atoms with Crippen molar-refractivity contribution in [3.8, 4) is 0 Å². The minimum atomic E-state index is -4.50. The smallest absolute Gasteiger partial charge is 0.305 e. The minimum Gasteiger partial charge on any atom is -0.756 e. The lowest BCUT2D eigenvalue weighted by Gasteiger charge is -2.27. The molecule has 0 aliphatic heterocycles. The maximum absolute atomic E-state index is 11.8. The molecule has 8 nitrogen and oxygen atoms in total. The van der Waals surface area contributed by atoms with Crippen LogP contribution in [0.3, 0.4) is 0 Å². The number of aliphatic hydroxyl groups is 1. The van der Waals surface area contributed by atoms with Crippen LogP contribution in [0.1, 0.15) is 71.1 Å². The molecule has 1 N–H and O–H groups in total. The first-order chi connectivity index (χ1) is 17.6. The monoisotopic (exact) mass is 543 g/mol. The van der Waals surface area contributed by atoms with E-state index >= 15 is 0 Å². The third-order valence-electron chi connectivity index (χ3n) is 5.09. The van der Waals surface area contributed by atoms with Gasteiger partial charge in [-0.3, -0.25) is 9.36 Å². The molecule has 0 aromatic carbocycles. The molecule has 9 heteroatoms. The zero-order valence-corrected chi connectivity index (χ0v) is 24.3. The van der Waals surface area contributed by atoms with Crippen molar-refractivity contribution in [2.24, 2.45) is 0 Å². The molecule has 0 saturated carbocycles. The molecule has 0 aliphatic carbocycles. The molecule has 0 rings (SSSR count). The molecule has 0 aliphatic rings. The Hall–Kier alpha value is -1.54. The molecule has 0 fully saturated rings. The van der Waals surface area contributed by atoms with Gasteiger partial charge in [0.1, 0.15) is 25.9 Å². The van der Waals surface area contributed by atoms with E-state index in [1.165, 1.54) is 0 Å². The highest BCUT2D eigenvalue weighted by molar-refractivity contribution is 7.45. The second kappa shape index (κ2) is 22.4. The number of allylic oxidation sites excluding steroid dienone is 8. The quantitative estimate of drug-likeness (QED) is 0.0617. The minimum absolute atomic E-state index is 0.0151. The number of aliphatic hydroxyl groups excluding tert-OH is 1. The van der Waals surface area contributed by atoms with Gasteiger partial charge in [-0.2, -0.15) is 0 Å². The van der Waals surface area contributed by atoms with Gasteiger partial charge in [0.05, 0.1) is 27.7 Å². The van der Waals surface area contributed by atoms with Crippen molar-refractivity contribution >= 4 is 13.8 Å².